The maximum atomic E-state index is 16.5. The lowest BCUT2D eigenvalue weighted by Crippen LogP contribution is -2.38. The van der Waals surface area contributed by atoms with Crippen molar-refractivity contribution in [1.29, 1.82) is 0 Å². The normalized spacial score (nSPS) is 27.0. The Bertz CT molecular complexity index is 1920. The van der Waals surface area contributed by atoms with E-state index in [-0.39, 0.29) is 29.5 Å². The quantitative estimate of drug-likeness (QED) is 0.113. The molecule has 13 nitrogen and oxygen atoms in total. The summed E-state index contributed by atoms with van der Waals surface area (Å²) in [7, 11) is 3.52. The fourth-order valence-corrected chi connectivity index (χ4v) is 8.97. The number of rotatable bonds is 11. The second-order valence-electron chi connectivity index (χ2n) is 13.5. The van der Waals surface area contributed by atoms with Crippen molar-refractivity contribution in [3.8, 4) is 5.75 Å². The molecule has 2 aromatic heterocycles. The highest BCUT2D eigenvalue weighted by Crippen LogP contribution is 2.69. The van der Waals surface area contributed by atoms with Crippen molar-refractivity contribution in [2.24, 2.45) is 5.41 Å². The highest BCUT2D eigenvalue weighted by molar-refractivity contribution is 8.09. The van der Waals surface area contributed by atoms with Crippen LogP contribution >= 0.6 is 18.2 Å². The first-order valence-electron chi connectivity index (χ1n) is 15.2. The molecule has 2 fully saturated rings. The van der Waals surface area contributed by atoms with E-state index in [1.807, 2.05) is 51.1 Å². The summed E-state index contributed by atoms with van der Waals surface area (Å²) >= 11 is 12.4. The van der Waals surface area contributed by atoms with Crippen LogP contribution in [0.25, 0.3) is 21.9 Å². The number of aliphatic hydroxyl groups is 1. The van der Waals surface area contributed by atoms with Crippen molar-refractivity contribution >= 4 is 69.7 Å². The highest BCUT2D eigenvalue weighted by Gasteiger charge is 2.89. The Morgan fingerprint density at radius 1 is 1.27 bits per heavy atom. The molecular formula is C31H38ClFN7O6PS. The number of nitrogens with zero attached hydrogens (tertiary/aromatic N) is 5. The van der Waals surface area contributed by atoms with Crippen molar-refractivity contribution in [1.82, 2.24) is 24.6 Å². The van der Waals surface area contributed by atoms with Gasteiger partial charge in [-0.1, -0.05) is 57.2 Å². The largest absolute Gasteiger partial charge is 0.464 e. The number of nitrogen functional groups attached to an aromatic ring is 1. The third-order valence-electron chi connectivity index (χ3n) is 8.30. The third-order valence-corrected chi connectivity index (χ3v) is 11.1. The minimum absolute atomic E-state index is 0.0500. The van der Waals surface area contributed by atoms with Crippen LogP contribution in [0.3, 0.4) is 0 Å². The Morgan fingerprint density at radius 3 is 2.65 bits per heavy atom. The van der Waals surface area contributed by atoms with Crippen LogP contribution in [0.15, 0.2) is 48.8 Å². The summed E-state index contributed by atoms with van der Waals surface area (Å²) in [5.41, 5.74) is 2.27. The van der Waals surface area contributed by atoms with Crippen LogP contribution < -0.4 is 20.2 Å². The van der Waals surface area contributed by atoms with Crippen LogP contribution in [-0.4, -0.2) is 86.7 Å². The molecule has 0 radical (unpaired) electrons. The lowest BCUT2D eigenvalue weighted by Gasteiger charge is -2.30. The zero-order chi connectivity index (χ0) is 34.8. The molecule has 7 atom stereocenters. The van der Waals surface area contributed by atoms with Gasteiger partial charge in [0.25, 0.3) is 0 Å². The fourth-order valence-electron chi connectivity index (χ4n) is 5.82. The third kappa shape index (κ3) is 5.89. The van der Waals surface area contributed by atoms with Crippen LogP contribution in [0.5, 0.6) is 5.75 Å². The number of fused-ring (bicyclic) bond motifs is 3. The van der Waals surface area contributed by atoms with Gasteiger partial charge in [0.05, 0.1) is 18.8 Å². The van der Waals surface area contributed by atoms with Crippen molar-refractivity contribution in [3.05, 3.63) is 48.8 Å². The number of ether oxygens (including phenoxy) is 2. The number of halogens is 2. The zero-order valence-electron chi connectivity index (χ0n) is 27.3. The molecule has 48 heavy (non-hydrogen) atoms. The zero-order valence-corrected chi connectivity index (χ0v) is 29.7. The van der Waals surface area contributed by atoms with Crippen LogP contribution in [0, 0.1) is 5.41 Å². The molecule has 17 heteroatoms. The Labute approximate surface area is 287 Å². The van der Waals surface area contributed by atoms with Gasteiger partial charge in [-0.2, -0.15) is 9.97 Å². The molecule has 1 saturated carbocycles. The molecule has 4 N–H and O–H groups in total. The van der Waals surface area contributed by atoms with E-state index in [0.29, 0.717) is 17.1 Å². The van der Waals surface area contributed by atoms with Gasteiger partial charge in [0.1, 0.15) is 23.5 Å². The Kier molecular flexibility index (Phi) is 8.89. The summed E-state index contributed by atoms with van der Waals surface area (Å²) in [4.78, 5) is 27.6. The lowest BCUT2D eigenvalue weighted by molar-refractivity contribution is -0.148. The summed E-state index contributed by atoms with van der Waals surface area (Å²) in [6.07, 6.45) is -3.49. The summed E-state index contributed by atoms with van der Waals surface area (Å²) < 4.78 is 42.3. The smallest absolute Gasteiger partial charge is 0.323 e. The minimum Gasteiger partial charge on any atom is -0.464 e. The highest BCUT2D eigenvalue weighted by atomic mass is 35.5. The number of imidazole rings is 1. The van der Waals surface area contributed by atoms with E-state index >= 15 is 4.39 Å². The molecule has 1 aliphatic heterocycles. The van der Waals surface area contributed by atoms with E-state index in [2.05, 4.69) is 20.0 Å². The summed E-state index contributed by atoms with van der Waals surface area (Å²) in [5, 5.41) is 16.5. The van der Waals surface area contributed by atoms with Gasteiger partial charge in [0.2, 0.25) is 5.95 Å². The first-order chi connectivity index (χ1) is 22.5. The molecule has 2 unspecified atom stereocenters. The number of carbonyl (C=O) groups is 1. The molecule has 258 valence electrons. The number of hydrogen-bond acceptors (Lipinski definition) is 12. The number of benzene rings is 2. The van der Waals surface area contributed by atoms with Crippen LogP contribution in [0.2, 0.25) is 0 Å². The molecule has 1 saturated heterocycles. The molecule has 4 aromatic rings. The maximum absolute atomic E-state index is 16.5. The van der Waals surface area contributed by atoms with E-state index < -0.39 is 48.4 Å². The average Bonchev–Trinajstić information content (AvgIpc) is 3.25. The molecular weight excluding hydrogens is 684 g/mol. The molecule has 0 bridgehead atoms. The van der Waals surface area contributed by atoms with Gasteiger partial charge in [-0.15, -0.1) is 11.6 Å². The van der Waals surface area contributed by atoms with E-state index in [1.165, 1.54) is 10.9 Å². The molecule has 2 aliphatic rings. The number of nitrogens with two attached hydrogens (primary N) is 1. The van der Waals surface area contributed by atoms with Crippen LogP contribution in [-0.2, 0) is 30.6 Å². The number of nitrogens with one attached hydrogen (secondary N) is 1. The van der Waals surface area contributed by atoms with Gasteiger partial charge in [-0.25, -0.2) is 14.5 Å². The number of aromatic nitrogens is 4. The van der Waals surface area contributed by atoms with E-state index in [4.69, 9.17) is 47.7 Å². The minimum atomic E-state index is -3.78. The SMILES string of the molecule is C[C@@H](NP(=S)(Oc1cccc2ccccc12)OC1[C@@]2(CCl)O[C@@H](n3cnc4c(N(C)C)nc(N)nc43)[C@H](F)[C@@]12O)C(=O)OCC(C)(C)C. The van der Waals surface area contributed by atoms with Crippen molar-refractivity contribution < 1.29 is 32.8 Å². The number of anilines is 2. The van der Waals surface area contributed by atoms with Gasteiger partial charge >= 0.3 is 12.6 Å². The number of hydrogen-bond donors (Lipinski definition) is 3. The molecule has 3 heterocycles. The maximum Gasteiger partial charge on any atom is 0.323 e. The van der Waals surface area contributed by atoms with Crippen molar-refractivity contribution in [3.63, 3.8) is 0 Å². The molecule has 1 aliphatic carbocycles. The molecule has 2 aromatic carbocycles. The van der Waals surface area contributed by atoms with Crippen LogP contribution in [0.1, 0.15) is 33.9 Å². The summed E-state index contributed by atoms with van der Waals surface area (Å²) in [5.74, 6) is -0.201. The second kappa shape index (κ2) is 12.3. The average molecular weight is 722 g/mol. The second-order valence-corrected chi connectivity index (χ2v) is 16.8. The predicted octanol–water partition coefficient (Wildman–Crippen LogP) is 4.47. The molecule has 0 spiro atoms. The topological polar surface area (TPSA) is 159 Å². The predicted molar refractivity (Wildman–Crippen MR) is 184 cm³/mol. The monoisotopic (exact) mass is 721 g/mol. The Hall–Kier alpha value is -3.17. The van der Waals surface area contributed by atoms with Gasteiger partial charge in [0, 0.05) is 19.5 Å². The van der Waals surface area contributed by atoms with Crippen LogP contribution in [0.4, 0.5) is 16.2 Å². The van der Waals surface area contributed by atoms with Crippen molar-refractivity contribution in [2.75, 3.05) is 37.2 Å². The van der Waals surface area contributed by atoms with Gasteiger partial charge < -0.3 is 29.7 Å². The molecule has 6 rings (SSSR count). The molecule has 0 amide bonds. The number of esters is 1. The lowest BCUT2D eigenvalue weighted by atomic mass is 9.99. The van der Waals surface area contributed by atoms with Gasteiger partial charge in [0.15, 0.2) is 35.0 Å². The number of alkyl halides is 2. The van der Waals surface area contributed by atoms with Gasteiger partial charge in [-0.3, -0.25) is 13.9 Å². The summed E-state index contributed by atoms with van der Waals surface area (Å²) in [6, 6.07) is 11.9. The first kappa shape index (κ1) is 34.7. The summed E-state index contributed by atoms with van der Waals surface area (Å²) in [6.45, 7) is 3.75. The first-order valence-corrected chi connectivity index (χ1v) is 18.4. The van der Waals surface area contributed by atoms with Gasteiger partial charge in [-0.05, 0) is 35.6 Å². The van der Waals surface area contributed by atoms with E-state index in [9.17, 15) is 9.90 Å². The Morgan fingerprint density at radius 2 is 1.98 bits per heavy atom. The van der Waals surface area contributed by atoms with E-state index in [0.717, 1.165) is 10.8 Å². The number of carbonyl (C=O) groups excluding carboxylic acids is 1. The van der Waals surface area contributed by atoms with Crippen molar-refractivity contribution in [2.45, 2.75) is 63.4 Å². The fraction of sp³-hybridized carbons (Fsp3) is 0.484. The standard InChI is InChI=1S/C31H38ClFN7O6PS/c1-17(26(41)43-15-29(2,3)4)38-47(48,45-20-13-9-11-18-10-7-8-12-19(18)20)46-27-30(14-32)31(27,42)22(33)25(44-30)40-16-35-21-23(39(5)6)36-28(34)37-24(21)40/h7-13,16-17,22,25,27,42H,14-15H2,1-6H3,(H,38,48)(H2,34,36,37)/t17-,22+,25-,27?,30-,31-,47?/m1/s1. The van der Waals surface area contributed by atoms with E-state index in [1.54, 1.807) is 38.1 Å². The Balaban J connectivity index is 1.31.